The molecule has 0 aliphatic rings. The predicted molar refractivity (Wildman–Crippen MR) is 277 cm³/mol. The van der Waals surface area contributed by atoms with Crippen molar-refractivity contribution in [1.82, 2.24) is 4.57 Å². The van der Waals surface area contributed by atoms with Crippen LogP contribution in [0.25, 0.3) is 60.9 Å². The van der Waals surface area contributed by atoms with E-state index >= 15 is 0 Å². The van der Waals surface area contributed by atoms with E-state index in [0.29, 0.717) is 5.92 Å². The minimum absolute atomic E-state index is 0.0824. The van der Waals surface area contributed by atoms with Gasteiger partial charge in [-0.15, -0.1) is 0 Å². The molecule has 0 fully saturated rings. The van der Waals surface area contributed by atoms with Gasteiger partial charge in [0.25, 0.3) is 0 Å². The zero-order chi connectivity index (χ0) is 44.8. The maximum Gasteiger partial charge on any atom is 0.0541 e. The maximum absolute atomic E-state index is 2.44. The van der Waals surface area contributed by atoms with Crippen molar-refractivity contribution in [3.8, 4) is 39.1 Å². The third kappa shape index (κ3) is 8.80. The van der Waals surface area contributed by atoms with E-state index < -0.39 is 0 Å². The summed E-state index contributed by atoms with van der Waals surface area (Å²) in [5.74, 6) is 0.479. The number of benzene rings is 8. The molecule has 0 aliphatic carbocycles. The van der Waals surface area contributed by atoms with Crippen LogP contribution in [-0.4, -0.2) is 4.57 Å². The Morgan fingerprint density at radius 1 is 0.406 bits per heavy atom. The van der Waals surface area contributed by atoms with Crippen molar-refractivity contribution >= 4 is 38.9 Å². The number of hydrogen-bond acceptors (Lipinski definition) is 1. The molecule has 0 N–H and O–H groups in total. The molecular weight excluding hydrogens is 773 g/mol. The van der Waals surface area contributed by atoms with E-state index in [-0.39, 0.29) is 16.2 Å². The number of para-hydroxylation sites is 1. The lowest BCUT2D eigenvalue weighted by atomic mass is 9.69. The Labute approximate surface area is 381 Å². The van der Waals surface area contributed by atoms with Crippen LogP contribution in [0.1, 0.15) is 85.8 Å². The molecule has 0 amide bonds. The average molecular weight is 835 g/mol. The zero-order valence-electron chi connectivity index (χ0n) is 39.2. The fraction of sp³-hybridized carbons (Fsp3) is 0.226. The van der Waals surface area contributed by atoms with Crippen molar-refractivity contribution < 1.29 is 0 Å². The Morgan fingerprint density at radius 3 is 1.27 bits per heavy atom. The zero-order valence-corrected chi connectivity index (χ0v) is 39.2. The van der Waals surface area contributed by atoms with E-state index in [1.165, 1.54) is 72.0 Å². The number of rotatable bonds is 9. The highest BCUT2D eigenvalue weighted by Gasteiger charge is 2.30. The third-order valence-electron chi connectivity index (χ3n) is 13.0. The summed E-state index contributed by atoms with van der Waals surface area (Å²) < 4.78 is 2.44. The van der Waals surface area contributed by atoms with Crippen LogP contribution < -0.4 is 4.90 Å². The number of nitrogens with zero attached hydrogens (tertiary/aromatic N) is 2. The molecule has 9 aromatic rings. The minimum Gasteiger partial charge on any atom is -0.311 e. The van der Waals surface area contributed by atoms with E-state index in [1.54, 1.807) is 0 Å². The SMILES string of the molecule is CC(C)(C)CC(c1ccc(-c2ccc3c(c2)c2cc(-c4ccc(N(c5ccccc5)c5ccc(-c6ccccc6)cc5)cc4)ccc2n3-c2ccc(C(C)(C)C)cc2)cc1)C(C)(C)C. The smallest absolute Gasteiger partial charge is 0.0541 e. The molecule has 0 radical (unpaired) electrons. The molecule has 2 heteroatoms. The van der Waals surface area contributed by atoms with Crippen LogP contribution in [-0.2, 0) is 5.41 Å². The Morgan fingerprint density at radius 2 is 0.812 bits per heavy atom. The lowest BCUT2D eigenvalue weighted by Crippen LogP contribution is -2.23. The molecule has 0 saturated heterocycles. The molecule has 2 nitrogen and oxygen atoms in total. The quantitative estimate of drug-likeness (QED) is 0.141. The summed E-state index contributed by atoms with van der Waals surface area (Å²) in [6.45, 7) is 21.1. The molecule has 1 aromatic heterocycles. The molecule has 64 heavy (non-hydrogen) atoms. The van der Waals surface area contributed by atoms with Crippen LogP contribution in [0.15, 0.2) is 194 Å². The molecule has 0 spiro atoms. The number of fused-ring (bicyclic) bond motifs is 3. The monoisotopic (exact) mass is 834 g/mol. The van der Waals surface area contributed by atoms with Crippen molar-refractivity contribution in [3.63, 3.8) is 0 Å². The van der Waals surface area contributed by atoms with E-state index in [9.17, 15) is 0 Å². The first-order valence-electron chi connectivity index (χ1n) is 23.0. The summed E-state index contributed by atoms with van der Waals surface area (Å²) in [6, 6.07) is 71.8. The third-order valence-corrected chi connectivity index (χ3v) is 13.0. The Balaban J connectivity index is 1.11. The highest BCUT2D eigenvalue weighted by atomic mass is 15.1. The van der Waals surface area contributed by atoms with Gasteiger partial charge in [-0.2, -0.15) is 0 Å². The molecular formula is C62H62N2. The van der Waals surface area contributed by atoms with Crippen LogP contribution in [0, 0.1) is 10.8 Å². The Bertz CT molecular complexity index is 3010. The first-order chi connectivity index (χ1) is 30.6. The molecule has 320 valence electrons. The maximum atomic E-state index is 2.44. The minimum atomic E-state index is 0.0824. The second-order valence-corrected chi connectivity index (χ2v) is 21.0. The fourth-order valence-electron chi connectivity index (χ4n) is 9.48. The van der Waals surface area contributed by atoms with Gasteiger partial charge in [0.05, 0.1) is 11.0 Å². The van der Waals surface area contributed by atoms with Gasteiger partial charge in [-0.1, -0.05) is 184 Å². The molecule has 0 saturated carbocycles. The summed E-state index contributed by atoms with van der Waals surface area (Å²) >= 11 is 0. The topological polar surface area (TPSA) is 8.17 Å². The van der Waals surface area contributed by atoms with Gasteiger partial charge in [-0.25, -0.2) is 0 Å². The van der Waals surface area contributed by atoms with Gasteiger partial charge in [0.2, 0.25) is 0 Å². The van der Waals surface area contributed by atoms with E-state index in [4.69, 9.17) is 0 Å². The Kier molecular flexibility index (Phi) is 11.2. The van der Waals surface area contributed by atoms with Crippen LogP contribution in [0.5, 0.6) is 0 Å². The summed E-state index contributed by atoms with van der Waals surface area (Å²) in [7, 11) is 0. The largest absolute Gasteiger partial charge is 0.311 e. The summed E-state index contributed by atoms with van der Waals surface area (Å²) in [4.78, 5) is 2.34. The van der Waals surface area contributed by atoms with Crippen molar-refractivity contribution in [3.05, 3.63) is 205 Å². The average Bonchev–Trinajstić information content (AvgIpc) is 3.62. The first-order valence-corrected chi connectivity index (χ1v) is 23.0. The van der Waals surface area contributed by atoms with E-state index in [2.05, 4.69) is 266 Å². The summed E-state index contributed by atoms with van der Waals surface area (Å²) in [5.41, 5.74) is 17.5. The van der Waals surface area contributed by atoms with Crippen LogP contribution >= 0.6 is 0 Å². The fourth-order valence-corrected chi connectivity index (χ4v) is 9.48. The van der Waals surface area contributed by atoms with Crippen molar-refractivity contribution in [1.29, 1.82) is 0 Å². The molecule has 8 aromatic carbocycles. The predicted octanol–water partition coefficient (Wildman–Crippen LogP) is 18.1. The highest BCUT2D eigenvalue weighted by Crippen LogP contribution is 2.44. The van der Waals surface area contributed by atoms with E-state index in [1.807, 2.05) is 0 Å². The van der Waals surface area contributed by atoms with Gasteiger partial charge >= 0.3 is 0 Å². The lowest BCUT2D eigenvalue weighted by molar-refractivity contribution is 0.229. The van der Waals surface area contributed by atoms with Crippen LogP contribution in [0.3, 0.4) is 0 Å². The first kappa shape index (κ1) is 42.7. The molecule has 1 unspecified atom stereocenters. The second-order valence-electron chi connectivity index (χ2n) is 21.0. The summed E-state index contributed by atoms with van der Waals surface area (Å²) in [5, 5.41) is 2.50. The number of anilines is 3. The van der Waals surface area contributed by atoms with Crippen molar-refractivity contribution in [2.24, 2.45) is 10.8 Å². The molecule has 1 heterocycles. The number of hydrogen-bond donors (Lipinski definition) is 0. The second kappa shape index (κ2) is 16.8. The highest BCUT2D eigenvalue weighted by molar-refractivity contribution is 6.11. The molecule has 0 aliphatic heterocycles. The summed E-state index contributed by atoms with van der Waals surface area (Å²) in [6.07, 6.45) is 1.15. The van der Waals surface area contributed by atoms with Gasteiger partial charge in [0, 0.05) is 33.5 Å². The van der Waals surface area contributed by atoms with Crippen molar-refractivity contribution in [2.45, 2.75) is 80.1 Å². The normalized spacial score (nSPS) is 12.8. The molecule has 0 bridgehead atoms. The van der Waals surface area contributed by atoms with Gasteiger partial charge in [0.15, 0.2) is 0 Å². The standard InChI is InChI=1S/C62H62N2/c1-60(2,3)42-57(62(7,8)9)47-22-20-45(21-23-47)48-28-38-58-55(40-48)56-41-49(29-39-59(56)64(58)54-36-30-50(31-37-54)61(4,5)6)46-26-34-53(35-27-46)63(51-18-14-11-15-19-51)52-32-24-44(25-33-52)43-16-12-10-13-17-43/h10-41,57H,42H2,1-9H3. The Hall–Kier alpha value is -6.64. The van der Waals surface area contributed by atoms with Gasteiger partial charge < -0.3 is 9.47 Å². The lowest BCUT2D eigenvalue weighted by Gasteiger charge is -2.36. The number of aromatic nitrogens is 1. The van der Waals surface area contributed by atoms with Gasteiger partial charge in [-0.3, -0.25) is 0 Å². The van der Waals surface area contributed by atoms with Gasteiger partial charge in [0.1, 0.15) is 0 Å². The van der Waals surface area contributed by atoms with E-state index in [0.717, 1.165) is 23.5 Å². The van der Waals surface area contributed by atoms with Crippen LogP contribution in [0.2, 0.25) is 0 Å². The molecule has 9 rings (SSSR count). The molecule has 1 atom stereocenters. The van der Waals surface area contributed by atoms with Gasteiger partial charge in [-0.05, 0) is 146 Å². The van der Waals surface area contributed by atoms with Crippen LogP contribution in [0.4, 0.5) is 17.1 Å². The van der Waals surface area contributed by atoms with Crippen molar-refractivity contribution in [2.75, 3.05) is 4.90 Å².